The second-order valence-corrected chi connectivity index (χ2v) is 7.11. The van der Waals surface area contributed by atoms with Gasteiger partial charge in [0.15, 0.2) is 0 Å². The summed E-state index contributed by atoms with van der Waals surface area (Å²) in [6.45, 7) is 4.29. The van der Waals surface area contributed by atoms with Gasteiger partial charge in [0.1, 0.15) is 5.75 Å². The highest BCUT2D eigenvalue weighted by atomic mass is 19.4. The lowest BCUT2D eigenvalue weighted by molar-refractivity contribution is -0.157. The van der Waals surface area contributed by atoms with Crippen LogP contribution >= 0.6 is 0 Å². The van der Waals surface area contributed by atoms with E-state index in [1.54, 1.807) is 0 Å². The minimum atomic E-state index is -4.73. The average molecular weight is 396 g/mol. The number of ether oxygens (including phenoxy) is 1. The zero-order valence-corrected chi connectivity index (χ0v) is 15.1. The highest BCUT2D eigenvalue weighted by molar-refractivity contribution is 5.94. The fourth-order valence-electron chi connectivity index (χ4n) is 3.92. The van der Waals surface area contributed by atoms with Gasteiger partial charge >= 0.3 is 18.1 Å². The van der Waals surface area contributed by atoms with Gasteiger partial charge in [-0.05, 0) is 63.0 Å². The van der Waals surface area contributed by atoms with E-state index in [1.807, 2.05) is 0 Å². The van der Waals surface area contributed by atoms with Crippen molar-refractivity contribution in [3.63, 3.8) is 0 Å². The third-order valence-electron chi connectivity index (χ3n) is 5.45. The third-order valence-corrected chi connectivity index (χ3v) is 5.45. The van der Waals surface area contributed by atoms with Gasteiger partial charge in [0.2, 0.25) is 0 Å². The number of fused-ring (bicyclic) bond motifs is 3. The van der Waals surface area contributed by atoms with Crippen molar-refractivity contribution in [2.45, 2.75) is 38.0 Å². The van der Waals surface area contributed by atoms with Crippen LogP contribution in [0.15, 0.2) is 28.7 Å². The number of nitrogens with one attached hydrogen (secondary N) is 1. The molecule has 7 nitrogen and oxygen atoms in total. The summed E-state index contributed by atoms with van der Waals surface area (Å²) in [7, 11) is 0. The van der Waals surface area contributed by atoms with E-state index in [0.717, 1.165) is 25.9 Å². The van der Waals surface area contributed by atoms with E-state index in [4.69, 9.17) is 4.74 Å². The summed E-state index contributed by atoms with van der Waals surface area (Å²) < 4.78 is 46.9. The van der Waals surface area contributed by atoms with Gasteiger partial charge < -0.3 is 14.5 Å². The van der Waals surface area contributed by atoms with E-state index in [-0.39, 0.29) is 17.7 Å². The first-order valence-electron chi connectivity index (χ1n) is 9.05. The molecule has 10 heteroatoms. The molecule has 1 aromatic carbocycles. The van der Waals surface area contributed by atoms with Gasteiger partial charge in [0.25, 0.3) is 5.91 Å². The lowest BCUT2D eigenvalue weighted by Crippen LogP contribution is -2.62. The molecule has 3 saturated heterocycles. The Kier molecular flexibility index (Phi) is 4.74. The lowest BCUT2D eigenvalue weighted by atomic mass is 9.79. The van der Waals surface area contributed by atoms with Crippen LogP contribution in [-0.4, -0.2) is 46.2 Å². The molecular formula is C18H19F3N4O3. The maximum Gasteiger partial charge on any atom is 0.470 e. The molecule has 150 valence electrons. The van der Waals surface area contributed by atoms with E-state index in [2.05, 4.69) is 31.8 Å². The second-order valence-electron chi connectivity index (χ2n) is 7.11. The number of hydrogen-bond donors (Lipinski definition) is 1. The molecule has 0 saturated carbocycles. The Morgan fingerprint density at radius 2 is 1.89 bits per heavy atom. The number of benzene rings is 1. The van der Waals surface area contributed by atoms with Crippen LogP contribution in [0, 0.1) is 5.92 Å². The van der Waals surface area contributed by atoms with E-state index in [1.165, 1.54) is 24.3 Å². The predicted molar refractivity (Wildman–Crippen MR) is 90.8 cm³/mol. The Balaban J connectivity index is 1.39. The fourth-order valence-corrected chi connectivity index (χ4v) is 3.92. The van der Waals surface area contributed by atoms with Gasteiger partial charge in [-0.2, -0.15) is 13.2 Å². The number of amides is 1. The number of nitrogens with zero attached hydrogens (tertiary/aromatic N) is 3. The fraction of sp³-hybridized carbons (Fsp3) is 0.500. The van der Waals surface area contributed by atoms with Crippen molar-refractivity contribution < 1.29 is 27.1 Å². The molecule has 3 aliphatic heterocycles. The highest BCUT2D eigenvalue weighted by Gasteiger charge is 2.40. The van der Waals surface area contributed by atoms with Crippen LogP contribution in [0.1, 0.15) is 36.0 Å². The quantitative estimate of drug-likeness (QED) is 0.856. The van der Waals surface area contributed by atoms with E-state index >= 15 is 0 Å². The molecule has 1 amide bonds. The number of carbonyl (C=O) groups excluding carboxylic acids is 1. The summed E-state index contributed by atoms with van der Waals surface area (Å²) >= 11 is 0. The Morgan fingerprint density at radius 1 is 1.21 bits per heavy atom. The maximum absolute atomic E-state index is 12.6. The SMILES string of the molecule is CC1C(NC(=O)c2ccc(Oc3nnc(C(F)(F)F)o3)cc2)C2CCN1CC2. The van der Waals surface area contributed by atoms with Gasteiger partial charge in [0, 0.05) is 17.6 Å². The molecule has 0 aliphatic carbocycles. The van der Waals surface area contributed by atoms with Crippen LogP contribution in [0.2, 0.25) is 0 Å². The number of hydrogen-bond acceptors (Lipinski definition) is 6. The van der Waals surface area contributed by atoms with E-state index in [0.29, 0.717) is 17.5 Å². The molecule has 2 aromatic rings. The van der Waals surface area contributed by atoms with E-state index in [9.17, 15) is 18.0 Å². The molecule has 2 unspecified atom stereocenters. The zero-order valence-electron chi connectivity index (χ0n) is 15.1. The Labute approximate surface area is 158 Å². The molecule has 5 rings (SSSR count). The summed E-state index contributed by atoms with van der Waals surface area (Å²) in [6.07, 6.45) is -3.17. The van der Waals surface area contributed by atoms with Gasteiger partial charge in [-0.1, -0.05) is 10.2 Å². The number of halogens is 3. The molecule has 1 N–H and O–H groups in total. The van der Waals surface area contributed by atoms with E-state index < -0.39 is 18.1 Å². The Morgan fingerprint density at radius 3 is 2.46 bits per heavy atom. The van der Waals surface area contributed by atoms with Crippen LogP contribution in [0.25, 0.3) is 0 Å². The standard InChI is InChI=1S/C18H19F3N4O3/c1-10-14(11-6-8-25(10)9-7-11)22-15(26)12-2-4-13(5-3-12)27-17-24-23-16(28-17)18(19,20)21/h2-5,10-11,14H,6-9H2,1H3,(H,22,26). The number of carbonyl (C=O) groups is 1. The summed E-state index contributed by atoms with van der Waals surface area (Å²) in [6, 6.07) is 6.43. The minimum absolute atomic E-state index is 0.116. The van der Waals surface area contributed by atoms with Gasteiger partial charge in [-0.3, -0.25) is 9.69 Å². The van der Waals surface area contributed by atoms with Crippen molar-refractivity contribution in [1.82, 2.24) is 20.4 Å². The van der Waals surface area contributed by atoms with Crippen LogP contribution in [0.4, 0.5) is 13.2 Å². The normalized spacial score (nSPS) is 26.9. The first kappa shape index (κ1) is 18.7. The average Bonchev–Trinajstić information content (AvgIpc) is 3.14. The summed E-state index contributed by atoms with van der Waals surface area (Å²) in [4.78, 5) is 15.0. The van der Waals surface area contributed by atoms with Crippen LogP contribution in [0.5, 0.6) is 11.8 Å². The summed E-state index contributed by atoms with van der Waals surface area (Å²) in [5.41, 5.74) is 0.442. The predicted octanol–water partition coefficient (Wildman–Crippen LogP) is 3.09. The topological polar surface area (TPSA) is 80.5 Å². The van der Waals surface area contributed by atoms with Crippen molar-refractivity contribution >= 4 is 5.91 Å². The molecule has 1 aromatic heterocycles. The summed E-state index contributed by atoms with van der Waals surface area (Å²) in [5.74, 6) is -0.989. The van der Waals surface area contributed by atoms with Crippen molar-refractivity contribution in [2.75, 3.05) is 13.1 Å². The van der Waals surface area contributed by atoms with Crippen molar-refractivity contribution in [3.05, 3.63) is 35.7 Å². The number of piperidine rings is 3. The molecule has 28 heavy (non-hydrogen) atoms. The maximum atomic E-state index is 12.6. The first-order chi connectivity index (χ1) is 13.3. The summed E-state index contributed by atoms with van der Waals surface area (Å²) in [5, 5.41) is 9.20. The third kappa shape index (κ3) is 3.68. The Hall–Kier alpha value is -2.62. The van der Waals surface area contributed by atoms with Crippen LogP contribution in [0.3, 0.4) is 0 Å². The molecule has 3 fully saturated rings. The second kappa shape index (κ2) is 7.08. The van der Waals surface area contributed by atoms with Crippen molar-refractivity contribution in [3.8, 4) is 11.8 Å². The Bertz CT molecular complexity index is 843. The zero-order chi connectivity index (χ0) is 19.9. The molecule has 2 bridgehead atoms. The monoisotopic (exact) mass is 396 g/mol. The highest BCUT2D eigenvalue weighted by Crippen LogP contribution is 2.33. The minimum Gasteiger partial charge on any atom is -0.410 e. The molecule has 3 aliphatic rings. The van der Waals surface area contributed by atoms with Crippen molar-refractivity contribution in [2.24, 2.45) is 5.92 Å². The molecular weight excluding hydrogens is 377 g/mol. The number of aromatic nitrogens is 2. The van der Waals surface area contributed by atoms with Gasteiger partial charge in [-0.25, -0.2) is 0 Å². The van der Waals surface area contributed by atoms with Crippen LogP contribution in [-0.2, 0) is 6.18 Å². The molecule has 0 spiro atoms. The lowest BCUT2D eigenvalue weighted by Gasteiger charge is -2.49. The van der Waals surface area contributed by atoms with Crippen LogP contribution < -0.4 is 10.1 Å². The smallest absolute Gasteiger partial charge is 0.410 e. The molecule has 4 heterocycles. The first-order valence-corrected chi connectivity index (χ1v) is 9.05. The largest absolute Gasteiger partial charge is 0.470 e. The molecule has 2 atom stereocenters. The number of alkyl halides is 3. The number of rotatable bonds is 4. The van der Waals surface area contributed by atoms with Gasteiger partial charge in [-0.15, -0.1) is 0 Å². The van der Waals surface area contributed by atoms with Crippen molar-refractivity contribution in [1.29, 1.82) is 0 Å². The molecule has 0 radical (unpaired) electrons. The van der Waals surface area contributed by atoms with Gasteiger partial charge in [0.05, 0.1) is 0 Å².